The summed E-state index contributed by atoms with van der Waals surface area (Å²) in [5, 5.41) is 6.27. The highest BCUT2D eigenvalue weighted by Gasteiger charge is 2.15. The average Bonchev–Trinajstić information content (AvgIpc) is 2.42. The second-order valence-corrected chi connectivity index (χ2v) is 6.54. The van der Waals surface area contributed by atoms with E-state index in [0.717, 1.165) is 11.4 Å². The Labute approximate surface area is 132 Å². The fraction of sp³-hybridized carbons (Fsp3) is 0.333. The van der Waals surface area contributed by atoms with E-state index >= 15 is 0 Å². The first-order valence-corrected chi connectivity index (χ1v) is 7.37. The largest absolute Gasteiger partial charge is 0.354 e. The van der Waals surface area contributed by atoms with Crippen molar-refractivity contribution in [3.05, 3.63) is 53.3 Å². The van der Waals surface area contributed by atoms with Crippen LogP contribution in [0.1, 0.15) is 42.3 Å². The van der Waals surface area contributed by atoms with Crippen LogP contribution in [0.2, 0.25) is 0 Å². The van der Waals surface area contributed by atoms with E-state index in [1.807, 2.05) is 39.0 Å². The molecule has 0 radical (unpaired) electrons. The molecule has 4 heteroatoms. The van der Waals surface area contributed by atoms with E-state index in [1.54, 1.807) is 12.4 Å². The number of aryl methyl sites for hydroxylation is 1. The van der Waals surface area contributed by atoms with Crippen molar-refractivity contribution in [2.45, 2.75) is 40.2 Å². The van der Waals surface area contributed by atoms with E-state index in [0.29, 0.717) is 5.56 Å². The third-order valence-electron chi connectivity index (χ3n) is 3.37. The molecule has 1 heterocycles. The standard InChI is InChI=1S/C18H23N3O/c1-12-7-6-8-16(13(12)2)20-15-9-14(10-19-11-15)17(22)21-18(3,4)5/h6-11,20H,1-5H3,(H,21,22). The quantitative estimate of drug-likeness (QED) is 0.901. The van der Waals surface area contributed by atoms with Gasteiger partial charge in [0.05, 0.1) is 17.4 Å². The van der Waals surface area contributed by atoms with Gasteiger partial charge in [0, 0.05) is 17.4 Å². The molecule has 0 aliphatic carbocycles. The van der Waals surface area contributed by atoms with Crippen molar-refractivity contribution >= 4 is 17.3 Å². The molecule has 0 atom stereocenters. The lowest BCUT2D eigenvalue weighted by Crippen LogP contribution is -2.40. The molecule has 1 aromatic carbocycles. The number of hydrogen-bond acceptors (Lipinski definition) is 3. The summed E-state index contributed by atoms with van der Waals surface area (Å²) in [4.78, 5) is 16.4. The minimum atomic E-state index is -0.270. The van der Waals surface area contributed by atoms with Gasteiger partial charge < -0.3 is 10.6 Å². The molecule has 22 heavy (non-hydrogen) atoms. The van der Waals surface area contributed by atoms with E-state index in [4.69, 9.17) is 0 Å². The number of nitrogens with zero attached hydrogens (tertiary/aromatic N) is 1. The molecule has 1 amide bonds. The summed E-state index contributed by atoms with van der Waals surface area (Å²) < 4.78 is 0. The lowest BCUT2D eigenvalue weighted by atomic mass is 10.1. The second-order valence-electron chi connectivity index (χ2n) is 6.54. The molecule has 0 aliphatic heterocycles. The van der Waals surface area contributed by atoms with Crippen molar-refractivity contribution in [1.29, 1.82) is 0 Å². The van der Waals surface area contributed by atoms with Crippen LogP contribution < -0.4 is 10.6 Å². The number of hydrogen-bond donors (Lipinski definition) is 2. The fourth-order valence-corrected chi connectivity index (χ4v) is 2.09. The first kappa shape index (κ1) is 16.0. The molecular weight excluding hydrogens is 274 g/mol. The molecule has 4 nitrogen and oxygen atoms in total. The first-order chi connectivity index (χ1) is 10.3. The number of benzene rings is 1. The molecule has 0 spiro atoms. The SMILES string of the molecule is Cc1cccc(Nc2cncc(C(=O)NC(C)(C)C)c2)c1C. The Kier molecular flexibility index (Phi) is 4.50. The summed E-state index contributed by atoms with van der Waals surface area (Å²) in [5.41, 5.74) is 4.51. The summed E-state index contributed by atoms with van der Waals surface area (Å²) in [6.45, 7) is 10.0. The van der Waals surface area contributed by atoms with Gasteiger partial charge in [-0.15, -0.1) is 0 Å². The van der Waals surface area contributed by atoms with Crippen molar-refractivity contribution in [2.24, 2.45) is 0 Å². The molecule has 0 saturated heterocycles. The van der Waals surface area contributed by atoms with Gasteiger partial charge in [0.1, 0.15) is 0 Å². The zero-order valence-electron chi connectivity index (χ0n) is 13.8. The van der Waals surface area contributed by atoms with E-state index in [9.17, 15) is 4.79 Å². The smallest absolute Gasteiger partial charge is 0.253 e. The van der Waals surface area contributed by atoms with Gasteiger partial charge in [0.25, 0.3) is 5.91 Å². The van der Waals surface area contributed by atoms with Crippen molar-refractivity contribution < 1.29 is 4.79 Å². The van der Waals surface area contributed by atoms with Gasteiger partial charge in [0.15, 0.2) is 0 Å². The van der Waals surface area contributed by atoms with Crippen LogP contribution in [0.15, 0.2) is 36.7 Å². The van der Waals surface area contributed by atoms with Crippen molar-refractivity contribution in [1.82, 2.24) is 10.3 Å². The number of carbonyl (C=O) groups is 1. The van der Waals surface area contributed by atoms with Crippen LogP contribution in [0.25, 0.3) is 0 Å². The number of amides is 1. The summed E-state index contributed by atoms with van der Waals surface area (Å²) >= 11 is 0. The number of aromatic nitrogens is 1. The highest BCUT2D eigenvalue weighted by Crippen LogP contribution is 2.22. The maximum atomic E-state index is 12.2. The Balaban J connectivity index is 2.22. The van der Waals surface area contributed by atoms with Crippen LogP contribution in [0, 0.1) is 13.8 Å². The van der Waals surface area contributed by atoms with Gasteiger partial charge in [0.2, 0.25) is 0 Å². The lowest BCUT2D eigenvalue weighted by Gasteiger charge is -2.20. The molecule has 0 bridgehead atoms. The monoisotopic (exact) mass is 297 g/mol. The Morgan fingerprint density at radius 3 is 2.55 bits per heavy atom. The van der Waals surface area contributed by atoms with E-state index < -0.39 is 0 Å². The summed E-state index contributed by atoms with van der Waals surface area (Å²) in [7, 11) is 0. The molecule has 0 fully saturated rings. The number of pyridine rings is 1. The molecule has 2 aromatic rings. The van der Waals surface area contributed by atoms with Gasteiger partial charge in [-0.3, -0.25) is 9.78 Å². The van der Waals surface area contributed by atoms with Crippen molar-refractivity contribution in [3.8, 4) is 0 Å². The predicted octanol–water partition coefficient (Wildman–Crippen LogP) is 3.97. The molecule has 2 N–H and O–H groups in total. The van der Waals surface area contributed by atoms with E-state index in [1.165, 1.54) is 11.1 Å². The molecule has 0 aliphatic rings. The Bertz CT molecular complexity index is 687. The zero-order chi connectivity index (χ0) is 16.3. The van der Waals surface area contributed by atoms with Crippen molar-refractivity contribution in [2.75, 3.05) is 5.32 Å². The summed E-state index contributed by atoms with van der Waals surface area (Å²) in [6.07, 6.45) is 3.30. The van der Waals surface area contributed by atoms with E-state index in [2.05, 4.69) is 35.5 Å². The number of nitrogens with one attached hydrogen (secondary N) is 2. The summed E-state index contributed by atoms with van der Waals surface area (Å²) in [6, 6.07) is 7.92. The van der Waals surface area contributed by atoms with Crippen LogP contribution in [0.4, 0.5) is 11.4 Å². The maximum Gasteiger partial charge on any atom is 0.253 e. The maximum absolute atomic E-state index is 12.2. The van der Waals surface area contributed by atoms with Crippen LogP contribution in [-0.2, 0) is 0 Å². The average molecular weight is 297 g/mol. The van der Waals surface area contributed by atoms with Crippen LogP contribution in [0.5, 0.6) is 0 Å². The topological polar surface area (TPSA) is 54.0 Å². The van der Waals surface area contributed by atoms with Crippen molar-refractivity contribution in [3.63, 3.8) is 0 Å². The molecule has 1 aromatic heterocycles. The predicted molar refractivity (Wildman–Crippen MR) is 90.7 cm³/mol. The Morgan fingerprint density at radius 2 is 1.86 bits per heavy atom. The molecule has 116 valence electrons. The van der Waals surface area contributed by atoms with Gasteiger partial charge >= 0.3 is 0 Å². The summed E-state index contributed by atoms with van der Waals surface area (Å²) in [5.74, 6) is -0.121. The second kappa shape index (κ2) is 6.18. The van der Waals surface area contributed by atoms with Gasteiger partial charge in [-0.2, -0.15) is 0 Å². The molecule has 2 rings (SSSR count). The molecule has 0 unspecified atom stereocenters. The van der Waals surface area contributed by atoms with E-state index in [-0.39, 0.29) is 11.4 Å². The van der Waals surface area contributed by atoms with Gasteiger partial charge in [-0.05, 0) is 57.9 Å². The minimum absolute atomic E-state index is 0.121. The third-order valence-corrected chi connectivity index (χ3v) is 3.37. The van der Waals surface area contributed by atoms with Crippen LogP contribution in [-0.4, -0.2) is 16.4 Å². The Hall–Kier alpha value is -2.36. The molecular formula is C18H23N3O. The van der Waals surface area contributed by atoms with Crippen LogP contribution in [0.3, 0.4) is 0 Å². The fourth-order valence-electron chi connectivity index (χ4n) is 2.09. The molecule has 0 saturated carbocycles. The number of anilines is 2. The van der Waals surface area contributed by atoms with Gasteiger partial charge in [-0.25, -0.2) is 0 Å². The Morgan fingerprint density at radius 1 is 1.14 bits per heavy atom. The third kappa shape index (κ3) is 4.07. The highest BCUT2D eigenvalue weighted by molar-refractivity contribution is 5.95. The lowest BCUT2D eigenvalue weighted by molar-refractivity contribution is 0.0919. The number of rotatable bonds is 3. The zero-order valence-corrected chi connectivity index (χ0v) is 13.8. The number of carbonyl (C=O) groups excluding carboxylic acids is 1. The normalized spacial score (nSPS) is 11.1. The highest BCUT2D eigenvalue weighted by atomic mass is 16.1. The first-order valence-electron chi connectivity index (χ1n) is 7.37. The minimum Gasteiger partial charge on any atom is -0.354 e. The van der Waals surface area contributed by atoms with Gasteiger partial charge in [-0.1, -0.05) is 12.1 Å². The van der Waals surface area contributed by atoms with Crippen LogP contribution >= 0.6 is 0 Å².